The minimum atomic E-state index is -0.705. The van der Waals surface area contributed by atoms with Gasteiger partial charge in [0.1, 0.15) is 17.3 Å². The molecular weight excluding hydrogens is 367 g/mol. The zero-order chi connectivity index (χ0) is 19.9. The number of nitro benzene ring substituents is 1. The summed E-state index contributed by atoms with van der Waals surface area (Å²) in [5, 5.41) is 26.0. The fraction of sp³-hybridized carbons (Fsp3) is 0.167. The normalized spacial score (nSPS) is 10.5. The second kappa shape index (κ2) is 8.82. The number of aromatic nitrogens is 3. The van der Waals surface area contributed by atoms with E-state index >= 15 is 0 Å². The summed E-state index contributed by atoms with van der Waals surface area (Å²) in [5.41, 5.74) is 1.04. The number of hydrogen-bond acceptors (Lipinski definition) is 8. The lowest BCUT2D eigenvalue weighted by molar-refractivity contribution is -0.384. The van der Waals surface area contributed by atoms with Crippen molar-refractivity contribution in [2.45, 2.75) is 6.42 Å². The highest BCUT2D eigenvalue weighted by Crippen LogP contribution is 2.29. The van der Waals surface area contributed by atoms with Crippen LogP contribution in [0.5, 0.6) is 0 Å². The van der Waals surface area contributed by atoms with Crippen molar-refractivity contribution in [1.29, 1.82) is 0 Å². The van der Waals surface area contributed by atoms with Crippen LogP contribution in [0.15, 0.2) is 48.8 Å². The van der Waals surface area contributed by atoms with Gasteiger partial charge in [-0.05, 0) is 30.7 Å². The van der Waals surface area contributed by atoms with E-state index in [0.717, 1.165) is 17.7 Å². The van der Waals surface area contributed by atoms with Crippen LogP contribution in [0.25, 0.3) is 11.3 Å². The highest BCUT2D eigenvalue weighted by Gasteiger charge is 2.16. The van der Waals surface area contributed by atoms with Gasteiger partial charge in [-0.2, -0.15) is 4.98 Å². The Morgan fingerprint density at radius 1 is 1.14 bits per heavy atom. The molecule has 0 radical (unpaired) electrons. The van der Waals surface area contributed by atoms with Crippen LogP contribution in [-0.4, -0.2) is 38.1 Å². The van der Waals surface area contributed by atoms with E-state index in [9.17, 15) is 14.5 Å². The molecule has 0 amide bonds. The van der Waals surface area contributed by atoms with Crippen LogP contribution >= 0.6 is 0 Å². The van der Waals surface area contributed by atoms with Gasteiger partial charge in [-0.1, -0.05) is 0 Å². The zero-order valence-electron chi connectivity index (χ0n) is 14.7. The fourth-order valence-corrected chi connectivity index (χ4v) is 2.44. The molecule has 28 heavy (non-hydrogen) atoms. The van der Waals surface area contributed by atoms with Crippen LogP contribution in [0.4, 0.5) is 27.5 Å². The molecule has 3 rings (SSSR count). The minimum absolute atomic E-state index is 0.0178. The Morgan fingerprint density at radius 2 is 1.93 bits per heavy atom. The van der Waals surface area contributed by atoms with Crippen molar-refractivity contribution in [2.75, 3.05) is 23.8 Å². The molecule has 0 aliphatic carbocycles. The predicted molar refractivity (Wildman–Crippen MR) is 102 cm³/mol. The van der Waals surface area contributed by atoms with Crippen molar-refractivity contribution in [3.05, 3.63) is 64.7 Å². The van der Waals surface area contributed by atoms with Crippen LogP contribution < -0.4 is 10.6 Å². The second-order valence-corrected chi connectivity index (χ2v) is 5.75. The Balaban J connectivity index is 1.98. The SMILES string of the molecule is O=[N+]([O-])c1cc(F)ccc1Nc1cc(-c2ccncc2)nc(NCCCO)n1. The molecule has 0 atom stereocenters. The first-order valence-electron chi connectivity index (χ1n) is 8.42. The molecule has 0 aliphatic heterocycles. The summed E-state index contributed by atoms with van der Waals surface area (Å²) in [4.78, 5) is 23.2. The van der Waals surface area contributed by atoms with Crippen molar-refractivity contribution in [3.63, 3.8) is 0 Å². The maximum Gasteiger partial charge on any atom is 0.295 e. The first kappa shape index (κ1) is 19.1. The number of benzene rings is 1. The topological polar surface area (TPSA) is 126 Å². The van der Waals surface area contributed by atoms with Crippen molar-refractivity contribution < 1.29 is 14.4 Å². The number of halogens is 1. The summed E-state index contributed by atoms with van der Waals surface area (Å²) >= 11 is 0. The lowest BCUT2D eigenvalue weighted by Gasteiger charge is -2.11. The largest absolute Gasteiger partial charge is 0.396 e. The first-order valence-corrected chi connectivity index (χ1v) is 8.42. The average Bonchev–Trinajstić information content (AvgIpc) is 2.70. The molecule has 0 aliphatic rings. The van der Waals surface area contributed by atoms with Gasteiger partial charge in [-0.15, -0.1) is 0 Å². The maximum atomic E-state index is 13.4. The van der Waals surface area contributed by atoms with E-state index < -0.39 is 16.4 Å². The minimum Gasteiger partial charge on any atom is -0.396 e. The van der Waals surface area contributed by atoms with Gasteiger partial charge in [0.05, 0.1) is 16.7 Å². The molecule has 2 heterocycles. The smallest absolute Gasteiger partial charge is 0.295 e. The number of anilines is 3. The van der Waals surface area contributed by atoms with E-state index in [0.29, 0.717) is 24.5 Å². The van der Waals surface area contributed by atoms with Crippen molar-refractivity contribution in [2.24, 2.45) is 0 Å². The molecule has 0 bridgehead atoms. The summed E-state index contributed by atoms with van der Waals surface area (Å²) in [7, 11) is 0. The summed E-state index contributed by atoms with van der Waals surface area (Å²) in [6.45, 7) is 0.469. The molecule has 3 N–H and O–H groups in total. The lowest BCUT2D eigenvalue weighted by atomic mass is 10.2. The van der Waals surface area contributed by atoms with Gasteiger partial charge in [0.2, 0.25) is 5.95 Å². The van der Waals surface area contributed by atoms with Gasteiger partial charge in [-0.25, -0.2) is 9.37 Å². The van der Waals surface area contributed by atoms with Crippen molar-refractivity contribution >= 4 is 23.1 Å². The molecule has 0 unspecified atom stereocenters. The third kappa shape index (κ3) is 4.74. The van der Waals surface area contributed by atoms with Gasteiger partial charge in [-0.3, -0.25) is 15.1 Å². The third-order valence-electron chi connectivity index (χ3n) is 3.74. The van der Waals surface area contributed by atoms with Gasteiger partial charge in [0, 0.05) is 37.2 Å². The summed E-state index contributed by atoms with van der Waals surface area (Å²) in [6, 6.07) is 8.41. The van der Waals surface area contributed by atoms with Crippen LogP contribution in [0, 0.1) is 15.9 Å². The van der Waals surface area contributed by atoms with Crippen LogP contribution in [0.2, 0.25) is 0 Å². The van der Waals surface area contributed by atoms with Gasteiger partial charge >= 0.3 is 0 Å². The Hall–Kier alpha value is -3.66. The van der Waals surface area contributed by atoms with Gasteiger partial charge in [0.25, 0.3) is 5.69 Å². The number of rotatable bonds is 8. The third-order valence-corrected chi connectivity index (χ3v) is 3.74. The van der Waals surface area contributed by atoms with E-state index in [4.69, 9.17) is 5.11 Å². The molecule has 9 nitrogen and oxygen atoms in total. The van der Waals surface area contributed by atoms with E-state index in [1.807, 2.05) is 0 Å². The van der Waals surface area contributed by atoms with E-state index in [2.05, 4.69) is 25.6 Å². The number of aliphatic hydroxyl groups excluding tert-OH is 1. The number of hydrogen-bond donors (Lipinski definition) is 3. The molecule has 2 aromatic heterocycles. The lowest BCUT2D eigenvalue weighted by Crippen LogP contribution is -2.09. The highest BCUT2D eigenvalue weighted by atomic mass is 19.1. The molecule has 0 fully saturated rings. The van der Waals surface area contributed by atoms with Gasteiger partial charge in [0.15, 0.2) is 0 Å². The second-order valence-electron chi connectivity index (χ2n) is 5.75. The Morgan fingerprint density at radius 3 is 2.64 bits per heavy atom. The van der Waals surface area contributed by atoms with E-state index in [1.54, 1.807) is 30.6 Å². The summed E-state index contributed by atoms with van der Waals surface area (Å²) in [6.07, 6.45) is 3.75. The van der Waals surface area contributed by atoms with E-state index in [-0.39, 0.29) is 18.2 Å². The number of nitrogens with zero attached hydrogens (tertiary/aromatic N) is 4. The molecule has 1 aromatic carbocycles. The van der Waals surface area contributed by atoms with Crippen LogP contribution in [0.1, 0.15) is 6.42 Å². The Bertz CT molecular complexity index is 971. The summed E-state index contributed by atoms with van der Waals surface area (Å²) < 4.78 is 13.4. The number of nitro groups is 1. The van der Waals surface area contributed by atoms with Crippen LogP contribution in [-0.2, 0) is 0 Å². The number of pyridine rings is 1. The first-order chi connectivity index (χ1) is 13.6. The Labute approximate surface area is 159 Å². The van der Waals surface area contributed by atoms with Gasteiger partial charge < -0.3 is 15.7 Å². The molecule has 0 saturated carbocycles. The molecule has 144 valence electrons. The number of aliphatic hydroxyl groups is 1. The molecule has 3 aromatic rings. The molecular formula is C18H17FN6O3. The quantitative estimate of drug-likeness (QED) is 0.307. The molecule has 0 saturated heterocycles. The molecule has 0 spiro atoms. The standard InChI is InChI=1S/C18H17FN6O3/c19-13-2-3-14(16(10-13)25(27)28)22-17-11-15(12-4-7-20-8-5-12)23-18(24-17)21-6-1-9-26/h2-5,7-8,10-11,26H,1,6,9H2,(H2,21,22,23,24). The zero-order valence-corrected chi connectivity index (χ0v) is 14.7. The van der Waals surface area contributed by atoms with E-state index in [1.165, 1.54) is 6.07 Å². The maximum absolute atomic E-state index is 13.4. The monoisotopic (exact) mass is 384 g/mol. The molecule has 10 heteroatoms. The van der Waals surface area contributed by atoms with Crippen molar-refractivity contribution in [1.82, 2.24) is 15.0 Å². The fourth-order valence-electron chi connectivity index (χ4n) is 2.44. The average molecular weight is 384 g/mol. The van der Waals surface area contributed by atoms with Crippen molar-refractivity contribution in [3.8, 4) is 11.3 Å². The number of nitrogens with one attached hydrogen (secondary N) is 2. The van der Waals surface area contributed by atoms with Crippen LogP contribution in [0.3, 0.4) is 0 Å². The summed E-state index contributed by atoms with van der Waals surface area (Å²) in [5.74, 6) is -0.123. The predicted octanol–water partition coefficient (Wildman–Crippen LogP) is 3.12. The highest BCUT2D eigenvalue weighted by molar-refractivity contribution is 5.71. The Kier molecular flexibility index (Phi) is 6.02.